The number of hydrogen-bond donors (Lipinski definition) is 1. The largest absolute Gasteiger partial charge is 0.362 e. The number of aromatic amines is 1. The number of allylic oxidation sites excluding steroid dienone is 1. The molecule has 0 aliphatic carbocycles. The third-order valence-corrected chi connectivity index (χ3v) is 3.39. The lowest BCUT2D eigenvalue weighted by Crippen LogP contribution is -1.80. The minimum absolute atomic E-state index is 1.21. The zero-order chi connectivity index (χ0) is 12.9. The van der Waals surface area contributed by atoms with Crippen LogP contribution in [-0.4, -0.2) is 4.98 Å². The Morgan fingerprint density at radius 1 is 0.944 bits per heavy atom. The highest BCUT2D eigenvalue weighted by molar-refractivity contribution is 5.43. The molecule has 0 amide bonds. The highest BCUT2D eigenvalue weighted by atomic mass is 14.7. The van der Waals surface area contributed by atoms with Gasteiger partial charge in [0, 0.05) is 11.9 Å². The van der Waals surface area contributed by atoms with E-state index in [1.807, 2.05) is 12.3 Å². The molecule has 0 fully saturated rings. The van der Waals surface area contributed by atoms with Crippen LogP contribution in [-0.2, 0) is 0 Å². The predicted molar refractivity (Wildman–Crippen MR) is 81.7 cm³/mol. The third kappa shape index (κ3) is 8.16. The predicted octanol–water partition coefficient (Wildman–Crippen LogP) is 5.95. The minimum atomic E-state index is 1.21. The van der Waals surface area contributed by atoms with Gasteiger partial charge in [-0.2, -0.15) is 0 Å². The number of nitrogens with one attached hydrogen (secondary N) is 1. The first-order chi connectivity index (χ1) is 8.93. The van der Waals surface area contributed by atoms with Crippen LogP contribution in [0.2, 0.25) is 0 Å². The van der Waals surface area contributed by atoms with Crippen molar-refractivity contribution in [3.63, 3.8) is 0 Å². The highest BCUT2D eigenvalue weighted by Gasteiger charge is 1.91. The van der Waals surface area contributed by atoms with Gasteiger partial charge in [0.05, 0.1) is 0 Å². The lowest BCUT2D eigenvalue weighted by Gasteiger charge is -2.00. The summed E-state index contributed by atoms with van der Waals surface area (Å²) in [5, 5.41) is 0. The average molecular weight is 247 g/mol. The van der Waals surface area contributed by atoms with Gasteiger partial charge in [0.2, 0.25) is 0 Å². The van der Waals surface area contributed by atoms with Crippen LogP contribution in [0.25, 0.3) is 6.08 Å². The van der Waals surface area contributed by atoms with Crippen molar-refractivity contribution in [2.45, 2.75) is 71.1 Å². The fourth-order valence-electron chi connectivity index (χ4n) is 2.23. The zero-order valence-electron chi connectivity index (χ0n) is 12.0. The maximum atomic E-state index is 3.19. The SMILES string of the molecule is CCCCCCCCCCC/C=C/c1ccc[nH]1. The molecule has 0 aromatic carbocycles. The summed E-state index contributed by atoms with van der Waals surface area (Å²) in [6.07, 6.45) is 20.3. The summed E-state index contributed by atoms with van der Waals surface area (Å²) in [4.78, 5) is 3.19. The summed E-state index contributed by atoms with van der Waals surface area (Å²) >= 11 is 0. The van der Waals surface area contributed by atoms with Gasteiger partial charge in [-0.15, -0.1) is 0 Å². The van der Waals surface area contributed by atoms with Gasteiger partial charge in [0.25, 0.3) is 0 Å². The quantitative estimate of drug-likeness (QED) is 0.465. The van der Waals surface area contributed by atoms with Crippen molar-refractivity contribution in [3.8, 4) is 0 Å². The van der Waals surface area contributed by atoms with E-state index in [2.05, 4.69) is 30.1 Å². The molecule has 1 rings (SSSR count). The van der Waals surface area contributed by atoms with Crippen LogP contribution < -0.4 is 0 Å². The molecule has 0 unspecified atom stereocenters. The molecule has 1 heterocycles. The van der Waals surface area contributed by atoms with E-state index in [1.165, 1.54) is 69.9 Å². The summed E-state index contributed by atoms with van der Waals surface area (Å²) in [5.74, 6) is 0. The highest BCUT2D eigenvalue weighted by Crippen LogP contribution is 2.11. The molecule has 102 valence electrons. The maximum absolute atomic E-state index is 3.19. The molecule has 0 saturated heterocycles. The van der Waals surface area contributed by atoms with Crippen LogP contribution >= 0.6 is 0 Å². The van der Waals surface area contributed by atoms with E-state index in [0.717, 1.165) is 0 Å². The van der Waals surface area contributed by atoms with Gasteiger partial charge in [-0.05, 0) is 31.1 Å². The molecule has 1 aromatic heterocycles. The molecule has 1 N–H and O–H groups in total. The monoisotopic (exact) mass is 247 g/mol. The number of H-pyrrole nitrogens is 1. The Labute approximate surface area is 113 Å². The molecule has 0 saturated carbocycles. The second kappa shape index (κ2) is 11.1. The minimum Gasteiger partial charge on any atom is -0.362 e. The van der Waals surface area contributed by atoms with Crippen LogP contribution in [0, 0.1) is 0 Å². The molecular weight excluding hydrogens is 218 g/mol. The summed E-state index contributed by atoms with van der Waals surface area (Å²) in [6, 6.07) is 4.14. The first-order valence-electron chi connectivity index (χ1n) is 7.73. The lowest BCUT2D eigenvalue weighted by atomic mass is 10.1. The Kier molecular flexibility index (Phi) is 9.32. The second-order valence-corrected chi connectivity index (χ2v) is 5.14. The number of rotatable bonds is 11. The van der Waals surface area contributed by atoms with E-state index in [1.54, 1.807) is 0 Å². The van der Waals surface area contributed by atoms with Crippen molar-refractivity contribution in [3.05, 3.63) is 30.1 Å². The molecule has 0 aliphatic rings. The van der Waals surface area contributed by atoms with Crippen molar-refractivity contribution >= 4 is 6.08 Å². The van der Waals surface area contributed by atoms with Crippen LogP contribution in [0.15, 0.2) is 24.4 Å². The van der Waals surface area contributed by atoms with E-state index >= 15 is 0 Å². The zero-order valence-corrected chi connectivity index (χ0v) is 12.0. The smallest absolute Gasteiger partial charge is 0.0377 e. The summed E-state index contributed by atoms with van der Waals surface area (Å²) in [6.45, 7) is 2.28. The van der Waals surface area contributed by atoms with Gasteiger partial charge in [-0.1, -0.05) is 64.4 Å². The van der Waals surface area contributed by atoms with E-state index in [0.29, 0.717) is 0 Å². The molecule has 0 aliphatic heterocycles. The molecule has 1 aromatic rings. The number of unbranched alkanes of at least 4 members (excludes halogenated alkanes) is 9. The van der Waals surface area contributed by atoms with Crippen molar-refractivity contribution in [1.29, 1.82) is 0 Å². The molecule has 1 nitrogen and oxygen atoms in total. The van der Waals surface area contributed by atoms with Gasteiger partial charge in [0.1, 0.15) is 0 Å². The van der Waals surface area contributed by atoms with Gasteiger partial charge in [-0.25, -0.2) is 0 Å². The molecule has 0 atom stereocenters. The van der Waals surface area contributed by atoms with E-state index in [4.69, 9.17) is 0 Å². The number of aromatic nitrogens is 1. The van der Waals surface area contributed by atoms with Crippen molar-refractivity contribution in [1.82, 2.24) is 4.98 Å². The van der Waals surface area contributed by atoms with Crippen molar-refractivity contribution in [2.24, 2.45) is 0 Å². The van der Waals surface area contributed by atoms with Crippen LogP contribution in [0.3, 0.4) is 0 Å². The Bertz CT molecular complexity index is 285. The third-order valence-electron chi connectivity index (χ3n) is 3.39. The van der Waals surface area contributed by atoms with Crippen molar-refractivity contribution < 1.29 is 0 Å². The van der Waals surface area contributed by atoms with E-state index in [9.17, 15) is 0 Å². The molecule has 0 radical (unpaired) electrons. The fourth-order valence-corrected chi connectivity index (χ4v) is 2.23. The molecule has 1 heteroatoms. The van der Waals surface area contributed by atoms with Crippen LogP contribution in [0.4, 0.5) is 0 Å². The number of hydrogen-bond acceptors (Lipinski definition) is 0. The Morgan fingerprint density at radius 2 is 1.61 bits per heavy atom. The first kappa shape index (κ1) is 15.1. The van der Waals surface area contributed by atoms with Gasteiger partial charge < -0.3 is 4.98 Å². The van der Waals surface area contributed by atoms with E-state index in [-0.39, 0.29) is 0 Å². The lowest BCUT2D eigenvalue weighted by molar-refractivity contribution is 0.566. The van der Waals surface area contributed by atoms with Gasteiger partial charge >= 0.3 is 0 Å². The average Bonchev–Trinajstić information content (AvgIpc) is 2.89. The Hall–Kier alpha value is -0.980. The van der Waals surface area contributed by atoms with Crippen LogP contribution in [0.5, 0.6) is 0 Å². The Balaban J connectivity index is 1.81. The van der Waals surface area contributed by atoms with E-state index < -0.39 is 0 Å². The molecule has 0 spiro atoms. The van der Waals surface area contributed by atoms with Crippen molar-refractivity contribution in [2.75, 3.05) is 0 Å². The Morgan fingerprint density at radius 3 is 2.22 bits per heavy atom. The normalized spacial score (nSPS) is 11.4. The van der Waals surface area contributed by atoms with Gasteiger partial charge in [0.15, 0.2) is 0 Å². The standard InChI is InChI=1S/C17H29N/c1-2-3-4-5-6-7-8-9-10-11-12-14-17-15-13-16-18-17/h12-16,18H,2-11H2,1H3/b14-12+. The summed E-state index contributed by atoms with van der Waals surface area (Å²) in [7, 11) is 0. The molecule has 18 heavy (non-hydrogen) atoms. The summed E-state index contributed by atoms with van der Waals surface area (Å²) < 4.78 is 0. The fraction of sp³-hybridized carbons (Fsp3) is 0.647. The molecule has 0 bridgehead atoms. The van der Waals surface area contributed by atoms with Gasteiger partial charge in [-0.3, -0.25) is 0 Å². The first-order valence-corrected chi connectivity index (χ1v) is 7.73. The topological polar surface area (TPSA) is 15.8 Å². The van der Waals surface area contributed by atoms with Crippen LogP contribution in [0.1, 0.15) is 76.8 Å². The molecular formula is C17H29N. The maximum Gasteiger partial charge on any atom is 0.0377 e. The summed E-state index contributed by atoms with van der Waals surface area (Å²) in [5.41, 5.74) is 1.21. The second-order valence-electron chi connectivity index (χ2n) is 5.14.